The summed E-state index contributed by atoms with van der Waals surface area (Å²) in [6.45, 7) is 3.17. The molecule has 0 bridgehead atoms. The Morgan fingerprint density at radius 3 is 1.75 bits per heavy atom. The van der Waals surface area contributed by atoms with Gasteiger partial charge in [-0.1, -0.05) is 0 Å². The van der Waals surface area contributed by atoms with Crippen LogP contribution in [0.5, 0.6) is 0 Å². The molecule has 0 saturated heterocycles. The molecule has 4 heavy (non-hydrogen) atoms. The van der Waals surface area contributed by atoms with Crippen molar-refractivity contribution in [1.29, 1.82) is 0 Å². The van der Waals surface area contributed by atoms with Crippen LogP contribution in [0.15, 0.2) is 11.6 Å². The van der Waals surface area contributed by atoms with Gasteiger partial charge in [0.1, 0.15) is 0 Å². The van der Waals surface area contributed by atoms with Crippen LogP contribution in [-0.2, 0) is 33.4 Å². The third kappa shape index (κ3) is 14.3. The summed E-state index contributed by atoms with van der Waals surface area (Å²) in [5, 5.41) is 0. The van der Waals surface area contributed by atoms with E-state index in [9.17, 15) is 0 Å². The van der Waals surface area contributed by atoms with E-state index >= 15 is 0 Å². The SMILES string of the molecule is C=[CH][Cu].[Cr]. The first kappa shape index (κ1) is 8.84. The first-order valence-electron chi connectivity index (χ1n) is 0.582. The van der Waals surface area contributed by atoms with Crippen LogP contribution in [0.1, 0.15) is 0 Å². The number of hydrogen-bond acceptors (Lipinski definition) is 0. The molecular formula is C2H3CrCu. The fourth-order valence-corrected chi connectivity index (χ4v) is 0. The summed E-state index contributed by atoms with van der Waals surface area (Å²) < 4.78 is 0. The Hall–Kier alpha value is 0.792. The van der Waals surface area contributed by atoms with Crippen molar-refractivity contribution in [2.24, 2.45) is 0 Å². The topological polar surface area (TPSA) is 0 Å². The molecule has 2 heteroatoms. The summed E-state index contributed by atoms with van der Waals surface area (Å²) in [5.74, 6) is 0. The van der Waals surface area contributed by atoms with Crippen LogP contribution in [0.2, 0.25) is 0 Å². The van der Waals surface area contributed by atoms with Gasteiger partial charge in [0.25, 0.3) is 0 Å². The van der Waals surface area contributed by atoms with E-state index < -0.39 is 0 Å². The number of rotatable bonds is 0. The van der Waals surface area contributed by atoms with Gasteiger partial charge in [-0.3, -0.25) is 0 Å². The van der Waals surface area contributed by atoms with E-state index in [0.29, 0.717) is 0 Å². The molecule has 0 N–H and O–H groups in total. The molecule has 0 radical (unpaired) electrons. The standard InChI is InChI=1S/C2H3.Cr.Cu/c1-2;;/h1H,2H2;;. The van der Waals surface area contributed by atoms with Crippen LogP contribution < -0.4 is 0 Å². The summed E-state index contributed by atoms with van der Waals surface area (Å²) in [5.41, 5.74) is 0. The molecule has 0 aromatic carbocycles. The van der Waals surface area contributed by atoms with Gasteiger partial charge in [-0.05, 0) is 0 Å². The van der Waals surface area contributed by atoms with Crippen molar-refractivity contribution in [1.82, 2.24) is 0 Å². The largest absolute Gasteiger partial charge is 0 e. The van der Waals surface area contributed by atoms with Crippen LogP contribution in [0.3, 0.4) is 0 Å². The molecule has 0 nitrogen and oxygen atoms in total. The molecular weight excluding hydrogens is 140 g/mol. The van der Waals surface area contributed by atoms with E-state index in [0.717, 1.165) is 0 Å². The molecule has 0 atom stereocenters. The van der Waals surface area contributed by atoms with E-state index in [4.69, 9.17) is 0 Å². The van der Waals surface area contributed by atoms with Gasteiger partial charge >= 0.3 is 27.6 Å². The summed E-state index contributed by atoms with van der Waals surface area (Å²) in [7, 11) is 0. The molecule has 0 saturated carbocycles. The Balaban J connectivity index is 0. The molecule has 0 aliphatic heterocycles. The molecule has 28 valence electrons. The minimum Gasteiger partial charge on any atom is 0 e. The minimum absolute atomic E-state index is 0. The molecule has 0 aromatic rings. The molecule has 0 spiro atoms. The summed E-state index contributed by atoms with van der Waals surface area (Å²) in [6.07, 6.45) is 0. The van der Waals surface area contributed by atoms with Crippen LogP contribution in [0.25, 0.3) is 0 Å². The molecule has 0 aliphatic rings. The van der Waals surface area contributed by atoms with E-state index in [-0.39, 0.29) is 17.4 Å². The van der Waals surface area contributed by atoms with E-state index in [1.54, 1.807) is 0 Å². The Morgan fingerprint density at radius 2 is 1.75 bits per heavy atom. The summed E-state index contributed by atoms with van der Waals surface area (Å²) in [4.78, 5) is 1.31. The fourth-order valence-electron chi connectivity index (χ4n) is 0. The second-order valence-electron chi connectivity index (χ2n) is 0.123. The van der Waals surface area contributed by atoms with Gasteiger partial charge in [-0.15, -0.1) is 0 Å². The molecule has 0 rings (SSSR count). The predicted molar refractivity (Wildman–Crippen MR) is 10.2 cm³/mol. The Kier molecular flexibility index (Phi) is 20.3. The fraction of sp³-hybridized carbons (Fsp3) is 0. The zero-order valence-electron chi connectivity index (χ0n) is 1.99. The molecule has 0 aromatic heterocycles. The first-order valence-corrected chi connectivity index (χ1v) is 1.13. The van der Waals surface area contributed by atoms with Gasteiger partial charge in [0.15, 0.2) is 0 Å². The van der Waals surface area contributed by atoms with Gasteiger partial charge < -0.3 is 0 Å². The second kappa shape index (κ2) is 9.21. The Morgan fingerprint density at radius 1 is 1.75 bits per heavy atom. The van der Waals surface area contributed by atoms with Gasteiger partial charge in [-0.2, -0.15) is 0 Å². The maximum Gasteiger partial charge on any atom is 0 e. The van der Waals surface area contributed by atoms with E-state index in [2.05, 4.69) is 22.6 Å². The number of hydrogen-bond donors (Lipinski definition) is 0. The maximum absolute atomic E-state index is 4.27. The normalized spacial score (nSPS) is 3.50. The summed E-state index contributed by atoms with van der Waals surface area (Å²) in [6, 6.07) is 0. The first-order chi connectivity index (χ1) is 1.41. The van der Waals surface area contributed by atoms with Gasteiger partial charge in [0.2, 0.25) is 0 Å². The summed E-state index contributed by atoms with van der Waals surface area (Å²) >= 11 is 4.27. The smallest absolute Gasteiger partial charge is 0 e. The molecule has 0 unspecified atom stereocenters. The van der Waals surface area contributed by atoms with Gasteiger partial charge in [0.05, 0.1) is 0 Å². The van der Waals surface area contributed by atoms with Crippen LogP contribution in [-0.4, -0.2) is 0 Å². The predicted octanol–water partition coefficient (Wildman–Crippen LogP) is 0.674. The molecule has 0 aliphatic carbocycles. The van der Waals surface area contributed by atoms with Crippen molar-refractivity contribution >= 4 is 0 Å². The minimum atomic E-state index is 0. The van der Waals surface area contributed by atoms with Gasteiger partial charge in [-0.25, -0.2) is 0 Å². The van der Waals surface area contributed by atoms with Crippen molar-refractivity contribution in [2.45, 2.75) is 0 Å². The third-order valence-corrected chi connectivity index (χ3v) is 0. The average molecular weight is 143 g/mol. The second-order valence-corrected chi connectivity index (χ2v) is 0.508. The van der Waals surface area contributed by atoms with Crippen molar-refractivity contribution < 1.29 is 33.4 Å². The Bertz CT molecular complexity index is 13.5. The van der Waals surface area contributed by atoms with Crippen molar-refractivity contribution in [3.8, 4) is 0 Å². The zero-order valence-corrected chi connectivity index (χ0v) is 4.21. The van der Waals surface area contributed by atoms with Crippen LogP contribution in [0.4, 0.5) is 0 Å². The molecule has 0 fully saturated rings. The van der Waals surface area contributed by atoms with Crippen LogP contribution in [0, 0.1) is 0 Å². The maximum atomic E-state index is 4.27. The van der Waals surface area contributed by atoms with E-state index in [1.807, 2.05) is 0 Å². The van der Waals surface area contributed by atoms with Gasteiger partial charge in [0, 0.05) is 17.4 Å². The monoisotopic (exact) mass is 142 g/mol. The van der Waals surface area contributed by atoms with E-state index in [1.165, 1.54) is 4.97 Å². The average Bonchev–Trinajstić information content (AvgIpc) is 0.918. The molecule has 0 heterocycles. The third-order valence-electron chi connectivity index (χ3n) is 0. The van der Waals surface area contributed by atoms with Crippen molar-refractivity contribution in [2.75, 3.05) is 0 Å². The Labute approximate surface area is 45.2 Å². The van der Waals surface area contributed by atoms with Crippen LogP contribution >= 0.6 is 0 Å². The zero-order chi connectivity index (χ0) is 2.71. The van der Waals surface area contributed by atoms with Crippen molar-refractivity contribution in [3.63, 3.8) is 0 Å². The van der Waals surface area contributed by atoms with Crippen molar-refractivity contribution in [3.05, 3.63) is 11.6 Å². The quantitative estimate of drug-likeness (QED) is 0.437. The molecule has 0 amide bonds.